The minimum absolute atomic E-state index is 0.0300. The number of carbonyl (C=O) groups is 2. The molecule has 1 rings (SSSR count). The predicted octanol–water partition coefficient (Wildman–Crippen LogP) is 2.33. The molecule has 1 aromatic carbocycles. The molecule has 19 heavy (non-hydrogen) atoms. The van der Waals surface area contributed by atoms with E-state index in [0.717, 1.165) is 11.1 Å². The van der Waals surface area contributed by atoms with Crippen molar-refractivity contribution in [2.24, 2.45) is 0 Å². The molecule has 4 heteroatoms. The number of hydrogen-bond donors (Lipinski definition) is 1. The number of carbonyl (C=O) groups excluding carboxylic acids is 1. The van der Waals surface area contributed by atoms with Crippen LogP contribution in [0, 0.1) is 6.92 Å². The van der Waals surface area contributed by atoms with Gasteiger partial charge in [-0.25, -0.2) is 0 Å². The highest BCUT2D eigenvalue weighted by molar-refractivity contribution is 5.92. The van der Waals surface area contributed by atoms with Crippen LogP contribution in [0.15, 0.2) is 30.3 Å². The third kappa shape index (κ3) is 4.95. The first-order valence-corrected chi connectivity index (χ1v) is 6.29. The van der Waals surface area contributed by atoms with E-state index in [1.165, 1.54) is 11.0 Å². The third-order valence-corrected chi connectivity index (χ3v) is 2.88. The summed E-state index contributed by atoms with van der Waals surface area (Å²) >= 11 is 0. The molecule has 0 aromatic heterocycles. The molecule has 0 radical (unpaired) electrons. The normalized spacial score (nSPS) is 10.6. The fourth-order valence-electron chi connectivity index (χ4n) is 1.70. The molecule has 0 atom stereocenters. The molecule has 0 saturated carbocycles. The quantitative estimate of drug-likeness (QED) is 0.800. The molecular weight excluding hydrogens is 242 g/mol. The highest BCUT2D eigenvalue weighted by atomic mass is 16.4. The van der Waals surface area contributed by atoms with Crippen LogP contribution < -0.4 is 0 Å². The minimum Gasteiger partial charge on any atom is -0.481 e. The van der Waals surface area contributed by atoms with Crippen molar-refractivity contribution in [1.29, 1.82) is 0 Å². The summed E-state index contributed by atoms with van der Waals surface area (Å²) < 4.78 is 0. The lowest BCUT2D eigenvalue weighted by Gasteiger charge is -2.17. The Hall–Kier alpha value is -2.10. The number of amides is 1. The van der Waals surface area contributed by atoms with E-state index in [9.17, 15) is 9.59 Å². The number of likely N-dealkylation sites (N-methyl/N-ethyl adjacent to an activating group) is 1. The van der Waals surface area contributed by atoms with Gasteiger partial charge in [0.25, 0.3) is 0 Å². The van der Waals surface area contributed by atoms with E-state index in [1.807, 2.05) is 38.1 Å². The van der Waals surface area contributed by atoms with Crippen LogP contribution in [-0.2, 0) is 9.59 Å². The summed E-state index contributed by atoms with van der Waals surface area (Å²) in [4.78, 5) is 23.9. The molecule has 0 bridgehead atoms. The van der Waals surface area contributed by atoms with Crippen LogP contribution in [0.3, 0.4) is 0 Å². The smallest absolute Gasteiger partial charge is 0.305 e. The molecule has 0 spiro atoms. The lowest BCUT2D eigenvalue weighted by Crippen LogP contribution is -2.31. The number of rotatable bonds is 6. The Kier molecular flexibility index (Phi) is 5.79. The second-order valence-corrected chi connectivity index (χ2v) is 4.25. The van der Waals surface area contributed by atoms with Gasteiger partial charge in [-0.1, -0.05) is 24.3 Å². The van der Waals surface area contributed by atoms with Gasteiger partial charge in [0, 0.05) is 19.2 Å². The van der Waals surface area contributed by atoms with Crippen molar-refractivity contribution in [3.05, 3.63) is 41.5 Å². The second kappa shape index (κ2) is 7.36. The van der Waals surface area contributed by atoms with E-state index in [-0.39, 0.29) is 18.9 Å². The molecule has 0 unspecified atom stereocenters. The van der Waals surface area contributed by atoms with Crippen molar-refractivity contribution < 1.29 is 14.7 Å². The summed E-state index contributed by atoms with van der Waals surface area (Å²) in [6, 6.07) is 7.78. The van der Waals surface area contributed by atoms with Gasteiger partial charge in [-0.2, -0.15) is 0 Å². The summed E-state index contributed by atoms with van der Waals surface area (Å²) in [5.74, 6) is -1.05. The Morgan fingerprint density at radius 3 is 2.58 bits per heavy atom. The van der Waals surface area contributed by atoms with Gasteiger partial charge in [0.05, 0.1) is 6.42 Å². The van der Waals surface area contributed by atoms with Gasteiger partial charge in [-0.05, 0) is 31.1 Å². The molecule has 0 aliphatic heterocycles. The zero-order valence-corrected chi connectivity index (χ0v) is 11.3. The Morgan fingerprint density at radius 2 is 2.00 bits per heavy atom. The van der Waals surface area contributed by atoms with Gasteiger partial charge in [0.15, 0.2) is 0 Å². The molecule has 0 saturated heterocycles. The van der Waals surface area contributed by atoms with Crippen molar-refractivity contribution in [3.8, 4) is 0 Å². The number of aryl methyl sites for hydroxylation is 1. The van der Waals surface area contributed by atoms with Crippen LogP contribution in [-0.4, -0.2) is 35.0 Å². The number of benzene rings is 1. The maximum atomic E-state index is 11.9. The van der Waals surface area contributed by atoms with Crippen molar-refractivity contribution >= 4 is 18.0 Å². The van der Waals surface area contributed by atoms with E-state index in [0.29, 0.717) is 6.54 Å². The van der Waals surface area contributed by atoms with Crippen LogP contribution in [0.4, 0.5) is 0 Å². The molecular formula is C15H19NO3. The first-order chi connectivity index (χ1) is 9.04. The minimum atomic E-state index is -0.894. The van der Waals surface area contributed by atoms with Gasteiger partial charge in [-0.3, -0.25) is 9.59 Å². The lowest BCUT2D eigenvalue weighted by atomic mass is 10.1. The van der Waals surface area contributed by atoms with Crippen LogP contribution in [0.2, 0.25) is 0 Å². The van der Waals surface area contributed by atoms with Gasteiger partial charge in [0.1, 0.15) is 0 Å². The Bertz CT molecular complexity index is 480. The number of aliphatic carboxylic acids is 1. The zero-order valence-electron chi connectivity index (χ0n) is 11.3. The first-order valence-electron chi connectivity index (χ1n) is 6.29. The second-order valence-electron chi connectivity index (χ2n) is 4.25. The SMILES string of the molecule is CCN(CCC(=O)O)C(=O)/C=C/c1ccccc1C. The number of nitrogens with zero attached hydrogens (tertiary/aromatic N) is 1. The topological polar surface area (TPSA) is 57.6 Å². The zero-order chi connectivity index (χ0) is 14.3. The fraction of sp³-hybridized carbons (Fsp3) is 0.333. The highest BCUT2D eigenvalue weighted by Gasteiger charge is 2.09. The number of carboxylic acids is 1. The van der Waals surface area contributed by atoms with Gasteiger partial charge in [0.2, 0.25) is 5.91 Å². The van der Waals surface area contributed by atoms with Gasteiger partial charge < -0.3 is 10.0 Å². The molecule has 0 fully saturated rings. The summed E-state index contributed by atoms with van der Waals surface area (Å²) in [5.41, 5.74) is 2.09. The molecule has 1 N–H and O–H groups in total. The third-order valence-electron chi connectivity index (χ3n) is 2.88. The molecule has 102 valence electrons. The maximum absolute atomic E-state index is 11.9. The van der Waals surface area contributed by atoms with Crippen LogP contribution in [0.5, 0.6) is 0 Å². The van der Waals surface area contributed by atoms with Gasteiger partial charge >= 0.3 is 5.97 Å². The standard InChI is InChI=1S/C15H19NO3/c1-3-16(11-10-15(18)19)14(17)9-8-13-7-5-4-6-12(13)2/h4-9H,3,10-11H2,1-2H3,(H,18,19)/b9-8+. The predicted molar refractivity (Wildman–Crippen MR) is 74.7 cm³/mol. The van der Waals surface area contributed by atoms with Crippen molar-refractivity contribution in [3.63, 3.8) is 0 Å². The lowest BCUT2D eigenvalue weighted by molar-refractivity contribution is -0.137. The molecule has 0 heterocycles. The summed E-state index contributed by atoms with van der Waals surface area (Å²) in [6.07, 6.45) is 3.23. The van der Waals surface area contributed by atoms with Crippen molar-refractivity contribution in [2.45, 2.75) is 20.3 Å². The van der Waals surface area contributed by atoms with Crippen LogP contribution in [0.25, 0.3) is 6.08 Å². The van der Waals surface area contributed by atoms with Crippen LogP contribution in [0.1, 0.15) is 24.5 Å². The summed E-state index contributed by atoms with van der Waals surface area (Å²) in [7, 11) is 0. The first kappa shape index (κ1) is 15.0. The van der Waals surface area contributed by atoms with E-state index < -0.39 is 5.97 Å². The van der Waals surface area contributed by atoms with E-state index in [4.69, 9.17) is 5.11 Å². The Morgan fingerprint density at radius 1 is 1.32 bits per heavy atom. The average Bonchev–Trinajstić information content (AvgIpc) is 2.38. The average molecular weight is 261 g/mol. The largest absolute Gasteiger partial charge is 0.481 e. The monoisotopic (exact) mass is 261 g/mol. The number of carboxylic acid groups (broad SMARTS) is 1. The van der Waals surface area contributed by atoms with Gasteiger partial charge in [-0.15, -0.1) is 0 Å². The van der Waals surface area contributed by atoms with Crippen LogP contribution >= 0.6 is 0 Å². The Labute approximate surface area is 113 Å². The molecule has 0 aliphatic carbocycles. The Balaban J connectivity index is 2.66. The van der Waals surface area contributed by atoms with Crippen molar-refractivity contribution in [2.75, 3.05) is 13.1 Å². The number of hydrogen-bond acceptors (Lipinski definition) is 2. The fourth-order valence-corrected chi connectivity index (χ4v) is 1.70. The highest BCUT2D eigenvalue weighted by Crippen LogP contribution is 2.09. The summed E-state index contributed by atoms with van der Waals surface area (Å²) in [6.45, 7) is 4.56. The maximum Gasteiger partial charge on any atom is 0.305 e. The molecule has 1 aromatic rings. The van der Waals surface area contributed by atoms with E-state index in [2.05, 4.69) is 0 Å². The van der Waals surface area contributed by atoms with E-state index in [1.54, 1.807) is 6.08 Å². The molecule has 1 amide bonds. The van der Waals surface area contributed by atoms with Crippen molar-refractivity contribution in [1.82, 2.24) is 4.90 Å². The molecule has 4 nitrogen and oxygen atoms in total. The molecule has 0 aliphatic rings. The van der Waals surface area contributed by atoms with E-state index >= 15 is 0 Å². The summed E-state index contributed by atoms with van der Waals surface area (Å²) in [5, 5.41) is 8.63.